The quantitative estimate of drug-likeness (QED) is 0.735. The molecule has 0 atom stereocenters. The highest BCUT2D eigenvalue weighted by molar-refractivity contribution is 6.10. The van der Waals surface area contributed by atoms with Crippen molar-refractivity contribution < 1.29 is 9.59 Å². The van der Waals surface area contributed by atoms with Crippen LogP contribution in [-0.4, -0.2) is 22.3 Å². The van der Waals surface area contributed by atoms with Crippen molar-refractivity contribution >= 4 is 11.8 Å². The molecule has 3 rings (SSSR count). The Labute approximate surface area is 118 Å². The molecule has 1 saturated carbocycles. The monoisotopic (exact) mass is 268 g/mol. The summed E-state index contributed by atoms with van der Waals surface area (Å²) >= 11 is 0. The molecule has 0 radical (unpaired) electrons. The van der Waals surface area contributed by atoms with Gasteiger partial charge in [0.1, 0.15) is 5.54 Å². The van der Waals surface area contributed by atoms with Crippen LogP contribution in [0.4, 0.5) is 0 Å². The summed E-state index contributed by atoms with van der Waals surface area (Å²) in [5, 5.41) is 9.58. The maximum absolute atomic E-state index is 12.6. The van der Waals surface area contributed by atoms with Gasteiger partial charge in [-0.1, -0.05) is 37.5 Å². The number of rotatable bonds is 1. The Balaban J connectivity index is 2.04. The minimum atomic E-state index is -0.931. The molecule has 1 heterocycles. The standard InChI is InChI=1S/C16H16N2O2/c17-11-16(8-4-1-5-9-16)18-14(19)10-12-6-2-3-7-13(12)15(18)20/h2-3,6-7H,1,4-5,8-10H2. The van der Waals surface area contributed by atoms with E-state index in [-0.39, 0.29) is 18.2 Å². The van der Waals surface area contributed by atoms with Crippen molar-refractivity contribution in [2.45, 2.75) is 44.1 Å². The third-order valence-electron chi connectivity index (χ3n) is 4.36. The van der Waals surface area contributed by atoms with Gasteiger partial charge in [0.15, 0.2) is 0 Å². The Bertz CT molecular complexity index is 609. The fourth-order valence-corrected chi connectivity index (χ4v) is 3.31. The van der Waals surface area contributed by atoms with Gasteiger partial charge >= 0.3 is 0 Å². The van der Waals surface area contributed by atoms with E-state index in [0.717, 1.165) is 24.8 Å². The first-order valence-corrected chi connectivity index (χ1v) is 7.04. The second-order valence-corrected chi connectivity index (χ2v) is 5.57. The van der Waals surface area contributed by atoms with Crippen molar-refractivity contribution in [3.8, 4) is 6.07 Å². The largest absolute Gasteiger partial charge is 0.274 e. The summed E-state index contributed by atoms with van der Waals surface area (Å²) in [5.41, 5.74) is 0.398. The lowest BCUT2D eigenvalue weighted by Crippen LogP contribution is -2.57. The fourth-order valence-electron chi connectivity index (χ4n) is 3.31. The summed E-state index contributed by atoms with van der Waals surface area (Å²) in [7, 11) is 0. The molecule has 0 aromatic heterocycles. The molecule has 102 valence electrons. The molecule has 2 amide bonds. The maximum Gasteiger partial charge on any atom is 0.262 e. The van der Waals surface area contributed by atoms with Crippen molar-refractivity contribution in [2.24, 2.45) is 0 Å². The summed E-state index contributed by atoms with van der Waals surface area (Å²) in [6.45, 7) is 0. The highest BCUT2D eigenvalue weighted by Crippen LogP contribution is 2.36. The molecule has 20 heavy (non-hydrogen) atoms. The van der Waals surface area contributed by atoms with Crippen LogP contribution < -0.4 is 0 Å². The molecule has 4 nitrogen and oxygen atoms in total. The zero-order valence-electron chi connectivity index (χ0n) is 11.3. The number of imide groups is 1. The van der Waals surface area contributed by atoms with E-state index in [0.29, 0.717) is 18.4 Å². The summed E-state index contributed by atoms with van der Waals surface area (Å²) in [5.74, 6) is -0.544. The van der Waals surface area contributed by atoms with Crippen molar-refractivity contribution in [3.63, 3.8) is 0 Å². The average molecular weight is 268 g/mol. The van der Waals surface area contributed by atoms with E-state index >= 15 is 0 Å². The number of carbonyl (C=O) groups excluding carboxylic acids is 2. The van der Waals surface area contributed by atoms with E-state index in [2.05, 4.69) is 6.07 Å². The van der Waals surface area contributed by atoms with E-state index in [9.17, 15) is 14.9 Å². The minimum absolute atomic E-state index is 0.214. The van der Waals surface area contributed by atoms with Crippen LogP contribution in [-0.2, 0) is 11.2 Å². The van der Waals surface area contributed by atoms with Gasteiger partial charge in [0.2, 0.25) is 5.91 Å². The van der Waals surface area contributed by atoms with E-state index in [1.165, 1.54) is 4.90 Å². The SMILES string of the molecule is N#CC1(N2C(=O)Cc3ccccc3C2=O)CCCCC1. The molecule has 0 bridgehead atoms. The molecule has 4 heteroatoms. The summed E-state index contributed by atoms with van der Waals surface area (Å²) < 4.78 is 0. The lowest BCUT2D eigenvalue weighted by atomic mass is 9.79. The molecular weight excluding hydrogens is 252 g/mol. The van der Waals surface area contributed by atoms with E-state index < -0.39 is 5.54 Å². The maximum atomic E-state index is 12.6. The third-order valence-corrected chi connectivity index (χ3v) is 4.36. The number of nitrogens with zero attached hydrogens (tertiary/aromatic N) is 2. The molecule has 0 saturated heterocycles. The molecule has 0 N–H and O–H groups in total. The number of hydrogen-bond acceptors (Lipinski definition) is 3. The number of benzene rings is 1. The highest BCUT2D eigenvalue weighted by atomic mass is 16.2. The number of hydrogen-bond donors (Lipinski definition) is 0. The second kappa shape index (κ2) is 4.75. The van der Waals surface area contributed by atoms with Crippen molar-refractivity contribution in [2.75, 3.05) is 0 Å². The third kappa shape index (κ3) is 1.82. The summed E-state index contributed by atoms with van der Waals surface area (Å²) in [4.78, 5) is 26.3. The molecule has 1 aromatic carbocycles. The molecular formula is C16H16N2O2. The predicted molar refractivity (Wildman–Crippen MR) is 72.8 cm³/mol. The Hall–Kier alpha value is -2.15. The van der Waals surface area contributed by atoms with E-state index in [1.807, 2.05) is 12.1 Å². The van der Waals surface area contributed by atoms with Gasteiger partial charge in [0.25, 0.3) is 5.91 Å². The second-order valence-electron chi connectivity index (χ2n) is 5.57. The highest BCUT2D eigenvalue weighted by Gasteiger charge is 2.47. The molecule has 0 unspecified atom stereocenters. The summed E-state index contributed by atoms with van der Waals surface area (Å²) in [6, 6.07) is 9.44. The molecule has 1 aliphatic heterocycles. The van der Waals surface area contributed by atoms with Gasteiger partial charge in [-0.15, -0.1) is 0 Å². The van der Waals surface area contributed by atoms with Crippen LogP contribution >= 0.6 is 0 Å². The Kier molecular flexibility index (Phi) is 3.06. The average Bonchev–Trinajstić information content (AvgIpc) is 2.48. The Morgan fingerprint density at radius 2 is 1.80 bits per heavy atom. The van der Waals surface area contributed by atoms with Crippen LogP contribution in [0.3, 0.4) is 0 Å². The lowest BCUT2D eigenvalue weighted by Gasteiger charge is -2.41. The number of fused-ring (bicyclic) bond motifs is 1. The van der Waals surface area contributed by atoms with Gasteiger partial charge in [-0.2, -0.15) is 5.26 Å². The molecule has 1 fully saturated rings. The molecule has 0 spiro atoms. The van der Waals surface area contributed by atoms with E-state index in [1.54, 1.807) is 12.1 Å². The minimum Gasteiger partial charge on any atom is -0.274 e. The number of nitriles is 1. The normalized spacial score (nSPS) is 21.2. The molecule has 1 aliphatic carbocycles. The van der Waals surface area contributed by atoms with Crippen LogP contribution in [0.1, 0.15) is 48.0 Å². The fraction of sp³-hybridized carbons (Fsp3) is 0.438. The summed E-state index contributed by atoms with van der Waals surface area (Å²) in [6.07, 6.45) is 4.27. The van der Waals surface area contributed by atoms with Crippen LogP contribution in [0.15, 0.2) is 24.3 Å². The topological polar surface area (TPSA) is 61.2 Å². The smallest absolute Gasteiger partial charge is 0.262 e. The first-order valence-electron chi connectivity index (χ1n) is 7.04. The van der Waals surface area contributed by atoms with Gasteiger partial charge < -0.3 is 0 Å². The van der Waals surface area contributed by atoms with Gasteiger partial charge in [0, 0.05) is 5.56 Å². The van der Waals surface area contributed by atoms with E-state index in [4.69, 9.17) is 0 Å². The van der Waals surface area contributed by atoms with Gasteiger partial charge in [-0.3, -0.25) is 14.5 Å². The van der Waals surface area contributed by atoms with Crippen molar-refractivity contribution in [1.82, 2.24) is 4.90 Å². The Morgan fingerprint density at radius 3 is 2.50 bits per heavy atom. The predicted octanol–water partition coefficient (Wildman–Crippen LogP) is 2.44. The zero-order valence-corrected chi connectivity index (χ0v) is 11.3. The first kappa shape index (κ1) is 12.9. The molecule has 2 aliphatic rings. The molecule has 1 aromatic rings. The van der Waals surface area contributed by atoms with Gasteiger partial charge in [0.05, 0.1) is 12.5 Å². The van der Waals surface area contributed by atoms with Crippen molar-refractivity contribution in [3.05, 3.63) is 35.4 Å². The van der Waals surface area contributed by atoms with Crippen molar-refractivity contribution in [1.29, 1.82) is 5.26 Å². The number of amides is 2. The van der Waals surface area contributed by atoms with Crippen LogP contribution in [0, 0.1) is 11.3 Å². The first-order chi connectivity index (χ1) is 9.68. The van der Waals surface area contributed by atoms with Gasteiger partial charge in [-0.05, 0) is 24.5 Å². The zero-order chi connectivity index (χ0) is 14.2. The van der Waals surface area contributed by atoms with Gasteiger partial charge in [-0.25, -0.2) is 0 Å². The van der Waals surface area contributed by atoms with Crippen LogP contribution in [0.25, 0.3) is 0 Å². The lowest BCUT2D eigenvalue weighted by molar-refractivity contribution is -0.132. The number of carbonyl (C=O) groups is 2. The van der Waals surface area contributed by atoms with Crippen LogP contribution in [0.5, 0.6) is 0 Å². The Morgan fingerprint density at radius 1 is 1.10 bits per heavy atom. The van der Waals surface area contributed by atoms with Crippen LogP contribution in [0.2, 0.25) is 0 Å².